The third-order valence-electron chi connectivity index (χ3n) is 2.22. The Labute approximate surface area is 89.1 Å². The summed E-state index contributed by atoms with van der Waals surface area (Å²) < 4.78 is 5.47. The lowest BCUT2D eigenvalue weighted by atomic mass is 10.1. The zero-order valence-corrected chi connectivity index (χ0v) is 8.64. The first-order valence-corrected chi connectivity index (χ1v) is 5.04. The van der Waals surface area contributed by atoms with Crippen molar-refractivity contribution >= 4 is 10.8 Å². The molecule has 0 heterocycles. The van der Waals surface area contributed by atoms with Gasteiger partial charge in [-0.25, -0.2) is 5.11 Å². The van der Waals surface area contributed by atoms with Crippen molar-refractivity contribution in [2.75, 3.05) is 6.61 Å². The molecule has 1 atom stereocenters. The number of benzene rings is 2. The van der Waals surface area contributed by atoms with E-state index >= 15 is 0 Å². The molecule has 2 heteroatoms. The Balaban J connectivity index is 2.34. The highest BCUT2D eigenvalue weighted by Crippen LogP contribution is 2.25. The standard InChI is InChI=1S/C13H13O2/c1-10(14)9-15-13-8-4-6-11-5-2-3-7-12(11)13/h2-8,10H,9H2,1H3. The zero-order chi connectivity index (χ0) is 10.7. The third kappa shape index (κ3) is 2.28. The summed E-state index contributed by atoms with van der Waals surface area (Å²) in [6.45, 7) is 1.82. The van der Waals surface area contributed by atoms with Gasteiger partial charge in [0.1, 0.15) is 18.5 Å². The van der Waals surface area contributed by atoms with Crippen LogP contribution in [0, 0.1) is 0 Å². The molecule has 0 spiro atoms. The van der Waals surface area contributed by atoms with E-state index in [0.717, 1.165) is 16.5 Å². The minimum atomic E-state index is -0.691. The largest absolute Gasteiger partial charge is 0.490 e. The highest BCUT2D eigenvalue weighted by Gasteiger charge is 2.03. The monoisotopic (exact) mass is 201 g/mol. The molecule has 1 radical (unpaired) electrons. The molecule has 0 aliphatic rings. The average Bonchev–Trinajstić information content (AvgIpc) is 2.26. The quantitative estimate of drug-likeness (QED) is 0.750. The van der Waals surface area contributed by atoms with E-state index < -0.39 is 6.10 Å². The van der Waals surface area contributed by atoms with Crippen molar-refractivity contribution in [2.24, 2.45) is 0 Å². The Bertz CT molecular complexity index is 444. The van der Waals surface area contributed by atoms with Gasteiger partial charge in [0, 0.05) is 5.39 Å². The van der Waals surface area contributed by atoms with Crippen LogP contribution in [-0.4, -0.2) is 12.7 Å². The lowest BCUT2D eigenvalue weighted by molar-refractivity contribution is 0.0591. The number of rotatable bonds is 3. The maximum absolute atomic E-state index is 10.9. The Hall–Kier alpha value is -1.54. The van der Waals surface area contributed by atoms with Crippen molar-refractivity contribution in [1.29, 1.82) is 0 Å². The van der Waals surface area contributed by atoms with Crippen molar-refractivity contribution in [3.63, 3.8) is 0 Å². The fraction of sp³-hybridized carbons (Fsp3) is 0.231. The summed E-state index contributed by atoms with van der Waals surface area (Å²) in [7, 11) is 0. The lowest BCUT2D eigenvalue weighted by Crippen LogP contribution is -2.11. The summed E-state index contributed by atoms with van der Waals surface area (Å²) in [6.07, 6.45) is -0.691. The van der Waals surface area contributed by atoms with Crippen LogP contribution >= 0.6 is 0 Å². The van der Waals surface area contributed by atoms with E-state index in [4.69, 9.17) is 4.74 Å². The van der Waals surface area contributed by atoms with Gasteiger partial charge in [-0.1, -0.05) is 36.4 Å². The Kier molecular flexibility index (Phi) is 2.88. The first-order chi connectivity index (χ1) is 7.27. The summed E-state index contributed by atoms with van der Waals surface area (Å²) in [5.74, 6) is 0.788. The summed E-state index contributed by atoms with van der Waals surface area (Å²) in [6, 6.07) is 13.8. The summed E-state index contributed by atoms with van der Waals surface area (Å²) in [5.41, 5.74) is 0. The van der Waals surface area contributed by atoms with Crippen LogP contribution in [0.4, 0.5) is 0 Å². The van der Waals surface area contributed by atoms with Crippen molar-refractivity contribution in [3.8, 4) is 5.75 Å². The maximum Gasteiger partial charge on any atom is 0.127 e. The van der Waals surface area contributed by atoms with Crippen LogP contribution < -0.4 is 4.74 Å². The van der Waals surface area contributed by atoms with Gasteiger partial charge in [0.15, 0.2) is 0 Å². The number of hydrogen-bond acceptors (Lipinski definition) is 1. The van der Waals surface area contributed by atoms with Crippen LogP contribution in [0.3, 0.4) is 0 Å². The van der Waals surface area contributed by atoms with Crippen LogP contribution in [0.1, 0.15) is 6.92 Å². The molecule has 0 saturated carbocycles. The molecule has 0 amide bonds. The van der Waals surface area contributed by atoms with E-state index in [1.807, 2.05) is 42.5 Å². The molecule has 0 aliphatic heterocycles. The zero-order valence-electron chi connectivity index (χ0n) is 8.64. The van der Waals surface area contributed by atoms with E-state index in [1.54, 1.807) is 6.92 Å². The Morgan fingerprint density at radius 3 is 2.67 bits per heavy atom. The molecule has 0 N–H and O–H groups in total. The van der Waals surface area contributed by atoms with Crippen LogP contribution in [0.5, 0.6) is 5.75 Å². The number of fused-ring (bicyclic) bond motifs is 1. The second-order valence-corrected chi connectivity index (χ2v) is 3.60. The fourth-order valence-electron chi connectivity index (χ4n) is 1.53. The fourth-order valence-corrected chi connectivity index (χ4v) is 1.53. The van der Waals surface area contributed by atoms with Crippen LogP contribution in [-0.2, 0) is 5.11 Å². The summed E-state index contributed by atoms with van der Waals surface area (Å²) >= 11 is 0. The van der Waals surface area contributed by atoms with Gasteiger partial charge in [-0.3, -0.25) is 0 Å². The molecule has 2 rings (SSSR count). The first-order valence-electron chi connectivity index (χ1n) is 5.04. The van der Waals surface area contributed by atoms with Crippen molar-refractivity contribution in [2.45, 2.75) is 13.0 Å². The first kappa shape index (κ1) is 9.99. The van der Waals surface area contributed by atoms with Crippen molar-refractivity contribution in [3.05, 3.63) is 42.5 Å². The summed E-state index contributed by atoms with van der Waals surface area (Å²) in [5, 5.41) is 13.1. The lowest BCUT2D eigenvalue weighted by Gasteiger charge is -2.09. The van der Waals surface area contributed by atoms with Crippen molar-refractivity contribution in [1.82, 2.24) is 0 Å². The normalized spacial score (nSPS) is 12.7. The van der Waals surface area contributed by atoms with Crippen molar-refractivity contribution < 1.29 is 9.84 Å². The van der Waals surface area contributed by atoms with E-state index in [1.165, 1.54) is 0 Å². The molecule has 15 heavy (non-hydrogen) atoms. The highest BCUT2D eigenvalue weighted by atomic mass is 16.5. The molecule has 77 valence electrons. The maximum atomic E-state index is 10.9. The minimum absolute atomic E-state index is 0.216. The Morgan fingerprint density at radius 2 is 1.87 bits per heavy atom. The predicted octanol–water partition coefficient (Wildman–Crippen LogP) is 3.04. The SMILES string of the molecule is CC([O])COc1cccc2ccccc12. The van der Waals surface area contributed by atoms with Crippen LogP contribution in [0.25, 0.3) is 10.8 Å². The second kappa shape index (κ2) is 4.32. The molecule has 0 fully saturated rings. The van der Waals surface area contributed by atoms with Gasteiger partial charge in [-0.15, -0.1) is 0 Å². The molecule has 0 aliphatic carbocycles. The topological polar surface area (TPSA) is 29.1 Å². The molecule has 1 unspecified atom stereocenters. The predicted molar refractivity (Wildman–Crippen MR) is 59.6 cm³/mol. The molecule has 2 aromatic carbocycles. The minimum Gasteiger partial charge on any atom is -0.490 e. The van der Waals surface area contributed by atoms with Gasteiger partial charge in [0.05, 0.1) is 0 Å². The highest BCUT2D eigenvalue weighted by molar-refractivity contribution is 5.88. The average molecular weight is 201 g/mol. The smallest absolute Gasteiger partial charge is 0.127 e. The number of hydrogen-bond donors (Lipinski definition) is 0. The van der Waals surface area contributed by atoms with Gasteiger partial charge >= 0.3 is 0 Å². The third-order valence-corrected chi connectivity index (χ3v) is 2.22. The molecule has 0 bridgehead atoms. The molecule has 0 saturated heterocycles. The Morgan fingerprint density at radius 1 is 1.13 bits per heavy atom. The van der Waals surface area contributed by atoms with E-state index in [0.29, 0.717) is 0 Å². The van der Waals surface area contributed by atoms with Gasteiger partial charge in [-0.2, -0.15) is 0 Å². The van der Waals surface area contributed by atoms with Crippen LogP contribution in [0.2, 0.25) is 0 Å². The van der Waals surface area contributed by atoms with Gasteiger partial charge in [0.2, 0.25) is 0 Å². The van der Waals surface area contributed by atoms with Gasteiger partial charge in [-0.05, 0) is 18.4 Å². The molecule has 2 nitrogen and oxygen atoms in total. The molecular formula is C13H13O2. The second-order valence-electron chi connectivity index (χ2n) is 3.60. The van der Waals surface area contributed by atoms with Gasteiger partial charge < -0.3 is 4.74 Å². The molecule has 0 aromatic heterocycles. The number of ether oxygens (including phenoxy) is 1. The molecular weight excluding hydrogens is 188 g/mol. The van der Waals surface area contributed by atoms with E-state index in [-0.39, 0.29) is 6.61 Å². The van der Waals surface area contributed by atoms with E-state index in [2.05, 4.69) is 0 Å². The van der Waals surface area contributed by atoms with Crippen LogP contribution in [0.15, 0.2) is 42.5 Å². The van der Waals surface area contributed by atoms with E-state index in [9.17, 15) is 5.11 Å². The summed E-state index contributed by atoms with van der Waals surface area (Å²) in [4.78, 5) is 0. The van der Waals surface area contributed by atoms with Gasteiger partial charge in [0.25, 0.3) is 0 Å². The molecule has 2 aromatic rings.